The van der Waals surface area contributed by atoms with E-state index in [0.29, 0.717) is 18.8 Å². The van der Waals surface area contributed by atoms with E-state index < -0.39 is 17.4 Å². The van der Waals surface area contributed by atoms with Crippen LogP contribution in [0.1, 0.15) is 49.8 Å². The first-order valence-corrected chi connectivity index (χ1v) is 6.59. The van der Waals surface area contributed by atoms with Crippen LogP contribution in [0.15, 0.2) is 18.2 Å². The first-order valence-electron chi connectivity index (χ1n) is 6.59. The molecule has 1 fully saturated rings. The number of methoxy groups -OCH3 is 1. The fraction of sp³-hybridized carbons (Fsp3) is 0.533. The zero-order chi connectivity index (χ0) is 14.2. The molecule has 0 saturated heterocycles. The minimum atomic E-state index is -0.790. The zero-order valence-corrected chi connectivity index (χ0v) is 11.6. The largest absolute Gasteiger partial charge is 0.496 e. The second-order valence-corrected chi connectivity index (χ2v) is 5.60. The standard InChI is InChI=1S/C15H21NO3/c1-9(2)11-8-10(4-5-12(11)19-3)13(16)15(6-7-15)14(17)18/h4-5,8-9,13H,6-7,16H2,1-3H3,(H,17,18). The number of ether oxygens (including phenoxy) is 1. The number of aliphatic carboxylic acids is 1. The summed E-state index contributed by atoms with van der Waals surface area (Å²) < 4.78 is 5.33. The number of carbonyl (C=O) groups is 1. The molecule has 3 N–H and O–H groups in total. The van der Waals surface area contributed by atoms with Gasteiger partial charge in [0.05, 0.1) is 12.5 Å². The number of benzene rings is 1. The first-order chi connectivity index (χ1) is 8.92. The lowest BCUT2D eigenvalue weighted by Gasteiger charge is -2.22. The number of hydrogen-bond acceptors (Lipinski definition) is 3. The van der Waals surface area contributed by atoms with Crippen molar-refractivity contribution in [1.82, 2.24) is 0 Å². The molecule has 0 aliphatic heterocycles. The zero-order valence-electron chi connectivity index (χ0n) is 11.6. The lowest BCUT2D eigenvalue weighted by Crippen LogP contribution is -2.30. The molecule has 1 aliphatic rings. The smallest absolute Gasteiger partial charge is 0.311 e. The third-order valence-electron chi connectivity index (χ3n) is 4.04. The van der Waals surface area contributed by atoms with Crippen LogP contribution in [0.25, 0.3) is 0 Å². The highest BCUT2D eigenvalue weighted by Gasteiger charge is 2.55. The van der Waals surface area contributed by atoms with Gasteiger partial charge in [-0.15, -0.1) is 0 Å². The van der Waals surface area contributed by atoms with Crippen molar-refractivity contribution in [2.24, 2.45) is 11.1 Å². The van der Waals surface area contributed by atoms with Gasteiger partial charge in [-0.1, -0.05) is 26.0 Å². The maximum absolute atomic E-state index is 11.3. The molecule has 0 radical (unpaired) electrons. The van der Waals surface area contributed by atoms with Crippen LogP contribution in [-0.2, 0) is 4.79 Å². The van der Waals surface area contributed by atoms with Crippen molar-refractivity contribution in [3.63, 3.8) is 0 Å². The van der Waals surface area contributed by atoms with Crippen molar-refractivity contribution in [3.8, 4) is 5.75 Å². The van der Waals surface area contributed by atoms with Gasteiger partial charge >= 0.3 is 5.97 Å². The molecule has 1 atom stereocenters. The third-order valence-corrected chi connectivity index (χ3v) is 4.04. The van der Waals surface area contributed by atoms with Crippen LogP contribution in [0.3, 0.4) is 0 Å². The van der Waals surface area contributed by atoms with E-state index in [-0.39, 0.29) is 0 Å². The molecule has 104 valence electrons. The molecule has 1 aromatic carbocycles. The molecule has 19 heavy (non-hydrogen) atoms. The maximum Gasteiger partial charge on any atom is 0.311 e. The van der Waals surface area contributed by atoms with E-state index in [9.17, 15) is 9.90 Å². The van der Waals surface area contributed by atoms with Gasteiger partial charge in [0.25, 0.3) is 0 Å². The highest BCUT2D eigenvalue weighted by atomic mass is 16.5. The Labute approximate surface area is 113 Å². The summed E-state index contributed by atoms with van der Waals surface area (Å²) in [5, 5.41) is 9.31. The van der Waals surface area contributed by atoms with E-state index in [2.05, 4.69) is 13.8 Å². The van der Waals surface area contributed by atoms with Gasteiger partial charge < -0.3 is 15.6 Å². The summed E-state index contributed by atoms with van der Waals surface area (Å²) in [6, 6.07) is 5.28. The van der Waals surface area contributed by atoms with E-state index >= 15 is 0 Å². The normalized spacial score (nSPS) is 18.2. The quantitative estimate of drug-likeness (QED) is 0.856. The van der Waals surface area contributed by atoms with E-state index in [4.69, 9.17) is 10.5 Å². The van der Waals surface area contributed by atoms with Crippen molar-refractivity contribution in [1.29, 1.82) is 0 Å². The van der Waals surface area contributed by atoms with Crippen LogP contribution in [0.5, 0.6) is 5.75 Å². The molecule has 0 heterocycles. The molecular formula is C15H21NO3. The maximum atomic E-state index is 11.3. The Kier molecular flexibility index (Phi) is 3.54. The lowest BCUT2D eigenvalue weighted by atomic mass is 9.88. The van der Waals surface area contributed by atoms with Crippen LogP contribution < -0.4 is 10.5 Å². The van der Waals surface area contributed by atoms with E-state index in [0.717, 1.165) is 16.9 Å². The number of carboxylic acids is 1. The van der Waals surface area contributed by atoms with Crippen LogP contribution in [0.2, 0.25) is 0 Å². The Hall–Kier alpha value is -1.55. The SMILES string of the molecule is COc1ccc(C(N)C2(C(=O)O)CC2)cc1C(C)C. The molecule has 4 nitrogen and oxygen atoms in total. The summed E-state index contributed by atoms with van der Waals surface area (Å²) >= 11 is 0. The Morgan fingerprint density at radius 2 is 2.05 bits per heavy atom. The highest BCUT2D eigenvalue weighted by molar-refractivity contribution is 5.79. The fourth-order valence-corrected chi connectivity index (χ4v) is 2.51. The van der Waals surface area contributed by atoms with Gasteiger partial charge in [0.2, 0.25) is 0 Å². The van der Waals surface area contributed by atoms with Crippen molar-refractivity contribution in [2.45, 2.75) is 38.6 Å². The average molecular weight is 263 g/mol. The third kappa shape index (κ3) is 2.32. The Morgan fingerprint density at radius 3 is 2.47 bits per heavy atom. The molecule has 2 rings (SSSR count). The monoisotopic (exact) mass is 263 g/mol. The summed E-state index contributed by atoms with van der Waals surface area (Å²) in [5.41, 5.74) is 7.36. The van der Waals surface area contributed by atoms with Gasteiger partial charge in [-0.3, -0.25) is 4.79 Å². The van der Waals surface area contributed by atoms with Crippen molar-refractivity contribution >= 4 is 5.97 Å². The van der Waals surface area contributed by atoms with Crippen molar-refractivity contribution in [2.75, 3.05) is 7.11 Å². The Morgan fingerprint density at radius 1 is 1.42 bits per heavy atom. The van der Waals surface area contributed by atoms with E-state index in [1.54, 1.807) is 7.11 Å². The Bertz CT molecular complexity index is 492. The average Bonchev–Trinajstić information content (AvgIpc) is 3.18. The summed E-state index contributed by atoms with van der Waals surface area (Å²) in [6.45, 7) is 4.16. The highest BCUT2D eigenvalue weighted by Crippen LogP contribution is 2.54. The topological polar surface area (TPSA) is 72.5 Å². The Balaban J connectivity index is 2.36. The van der Waals surface area contributed by atoms with Crippen molar-refractivity contribution < 1.29 is 14.6 Å². The molecule has 0 aromatic heterocycles. The molecule has 4 heteroatoms. The fourth-order valence-electron chi connectivity index (χ4n) is 2.51. The molecule has 0 amide bonds. The van der Waals surface area contributed by atoms with Crippen LogP contribution >= 0.6 is 0 Å². The van der Waals surface area contributed by atoms with Gasteiger partial charge in [0.15, 0.2) is 0 Å². The lowest BCUT2D eigenvalue weighted by molar-refractivity contribution is -0.144. The van der Waals surface area contributed by atoms with Crippen molar-refractivity contribution in [3.05, 3.63) is 29.3 Å². The predicted molar refractivity (Wildman–Crippen MR) is 73.3 cm³/mol. The second kappa shape index (κ2) is 4.85. The predicted octanol–water partition coefficient (Wildman–Crippen LogP) is 2.68. The molecule has 1 aliphatic carbocycles. The van der Waals surface area contributed by atoms with Crippen LogP contribution in [-0.4, -0.2) is 18.2 Å². The van der Waals surface area contributed by atoms with Gasteiger partial charge in [-0.05, 0) is 36.0 Å². The summed E-state index contributed by atoms with van der Waals surface area (Å²) in [4.78, 5) is 11.3. The molecular weight excluding hydrogens is 242 g/mol. The van der Waals surface area contributed by atoms with Crippen LogP contribution in [0, 0.1) is 5.41 Å². The van der Waals surface area contributed by atoms with E-state index in [1.807, 2.05) is 18.2 Å². The molecule has 0 bridgehead atoms. The molecule has 1 unspecified atom stereocenters. The number of nitrogens with two attached hydrogens (primary N) is 1. The first kappa shape index (κ1) is 13.9. The van der Waals surface area contributed by atoms with Gasteiger partial charge in [0.1, 0.15) is 5.75 Å². The molecule has 1 saturated carbocycles. The summed E-state index contributed by atoms with van der Waals surface area (Å²) in [6.07, 6.45) is 1.32. The molecule has 0 spiro atoms. The van der Waals surface area contributed by atoms with Gasteiger partial charge in [0, 0.05) is 6.04 Å². The minimum absolute atomic E-state index is 0.307. The number of rotatable bonds is 5. The number of carboxylic acid groups (broad SMARTS) is 1. The van der Waals surface area contributed by atoms with Gasteiger partial charge in [-0.2, -0.15) is 0 Å². The number of hydrogen-bond donors (Lipinski definition) is 2. The summed E-state index contributed by atoms with van der Waals surface area (Å²) in [7, 11) is 1.64. The molecule has 1 aromatic rings. The van der Waals surface area contributed by atoms with E-state index in [1.165, 1.54) is 0 Å². The van der Waals surface area contributed by atoms with Crippen LogP contribution in [0.4, 0.5) is 0 Å². The summed E-state index contributed by atoms with van der Waals surface area (Å²) in [5.74, 6) is 0.343. The van der Waals surface area contributed by atoms with Gasteiger partial charge in [-0.25, -0.2) is 0 Å². The second-order valence-electron chi connectivity index (χ2n) is 5.60. The minimum Gasteiger partial charge on any atom is -0.496 e.